The normalized spacial score (nSPS) is 33.6. The molecule has 1 heterocycles. The van der Waals surface area contributed by atoms with Crippen molar-refractivity contribution in [2.75, 3.05) is 13.1 Å². The van der Waals surface area contributed by atoms with Crippen LogP contribution in [0.1, 0.15) is 30.7 Å². The van der Waals surface area contributed by atoms with Crippen molar-refractivity contribution < 1.29 is 5.11 Å². The summed E-state index contributed by atoms with van der Waals surface area (Å²) in [5.41, 5.74) is 1.17. The Labute approximate surface area is 96.7 Å². The molecule has 1 aliphatic heterocycles. The summed E-state index contributed by atoms with van der Waals surface area (Å²) in [6, 6.07) is 7.87. The van der Waals surface area contributed by atoms with Crippen LogP contribution in [0, 0.1) is 11.8 Å². The molecule has 2 N–H and O–H groups in total. The molecule has 1 saturated carbocycles. The van der Waals surface area contributed by atoms with E-state index in [-0.39, 0.29) is 0 Å². The van der Waals surface area contributed by atoms with E-state index in [1.807, 2.05) is 18.2 Å². The van der Waals surface area contributed by atoms with E-state index in [1.165, 1.54) is 31.4 Å². The number of rotatable bonds is 1. The van der Waals surface area contributed by atoms with Crippen LogP contribution in [0.5, 0.6) is 5.75 Å². The van der Waals surface area contributed by atoms with Crippen molar-refractivity contribution in [2.45, 2.75) is 25.2 Å². The van der Waals surface area contributed by atoms with Gasteiger partial charge in [0.2, 0.25) is 0 Å². The number of nitrogens with one attached hydrogen (secondary N) is 1. The molecule has 2 nitrogen and oxygen atoms in total. The zero-order valence-electron chi connectivity index (χ0n) is 9.52. The Bertz CT molecular complexity index is 377. The molecule has 3 unspecified atom stereocenters. The van der Waals surface area contributed by atoms with Gasteiger partial charge in [-0.25, -0.2) is 0 Å². The van der Waals surface area contributed by atoms with Gasteiger partial charge in [-0.1, -0.05) is 24.6 Å². The minimum atomic E-state index is 0.486. The van der Waals surface area contributed by atoms with Crippen molar-refractivity contribution in [1.82, 2.24) is 5.32 Å². The van der Waals surface area contributed by atoms with Crippen LogP contribution in [0.2, 0.25) is 0 Å². The molecule has 86 valence electrons. The lowest BCUT2D eigenvalue weighted by Gasteiger charge is -2.33. The first-order valence-electron chi connectivity index (χ1n) is 6.35. The predicted octanol–water partition coefficient (Wildman–Crippen LogP) is 2.50. The van der Waals surface area contributed by atoms with E-state index in [4.69, 9.17) is 0 Å². The minimum absolute atomic E-state index is 0.486. The summed E-state index contributed by atoms with van der Waals surface area (Å²) in [5.74, 6) is 2.62. The van der Waals surface area contributed by atoms with E-state index in [1.54, 1.807) is 0 Å². The van der Waals surface area contributed by atoms with Crippen molar-refractivity contribution in [3.63, 3.8) is 0 Å². The highest BCUT2D eigenvalue weighted by Crippen LogP contribution is 2.45. The molecule has 1 saturated heterocycles. The molecule has 1 aromatic rings. The van der Waals surface area contributed by atoms with Crippen LogP contribution < -0.4 is 5.32 Å². The Balaban J connectivity index is 1.91. The zero-order chi connectivity index (χ0) is 11.0. The van der Waals surface area contributed by atoms with Gasteiger partial charge in [-0.05, 0) is 55.3 Å². The van der Waals surface area contributed by atoms with Gasteiger partial charge in [0.1, 0.15) is 5.75 Å². The summed E-state index contributed by atoms with van der Waals surface area (Å²) < 4.78 is 0. The maximum atomic E-state index is 9.96. The summed E-state index contributed by atoms with van der Waals surface area (Å²) in [6.45, 7) is 2.30. The number of phenolic OH excluding ortho intramolecular Hbond substituents is 1. The number of hydrogen-bond donors (Lipinski definition) is 2. The fourth-order valence-corrected chi connectivity index (χ4v) is 3.54. The van der Waals surface area contributed by atoms with Gasteiger partial charge in [0, 0.05) is 0 Å². The van der Waals surface area contributed by atoms with Crippen molar-refractivity contribution >= 4 is 0 Å². The van der Waals surface area contributed by atoms with Gasteiger partial charge in [0.05, 0.1) is 0 Å². The average Bonchev–Trinajstić information content (AvgIpc) is 2.77. The molecule has 0 spiro atoms. The van der Waals surface area contributed by atoms with Gasteiger partial charge in [0.25, 0.3) is 0 Å². The molecule has 1 aromatic carbocycles. The summed E-state index contributed by atoms with van der Waals surface area (Å²) in [4.78, 5) is 0. The maximum Gasteiger partial charge on any atom is 0.119 e. The van der Waals surface area contributed by atoms with E-state index in [9.17, 15) is 5.11 Å². The molecule has 0 radical (unpaired) electrons. The summed E-state index contributed by atoms with van der Waals surface area (Å²) >= 11 is 0. The molecule has 16 heavy (non-hydrogen) atoms. The summed E-state index contributed by atoms with van der Waals surface area (Å²) in [6.07, 6.45) is 3.91. The third-order valence-corrected chi connectivity index (χ3v) is 4.34. The molecule has 0 amide bonds. The van der Waals surface area contributed by atoms with Gasteiger partial charge in [-0.2, -0.15) is 0 Å². The third kappa shape index (κ3) is 1.61. The standard InChI is InChI=1S/C14H19NO/c16-14-7-2-1-5-12(14)11-6-3-4-10-8-15-9-13(10)11/h1-2,5,7,10-11,13,15-16H,3-4,6,8-9H2. The average molecular weight is 217 g/mol. The highest BCUT2D eigenvalue weighted by Gasteiger charge is 2.37. The first kappa shape index (κ1) is 10.2. The lowest BCUT2D eigenvalue weighted by atomic mass is 9.71. The largest absolute Gasteiger partial charge is 0.508 e. The number of aromatic hydroxyl groups is 1. The smallest absolute Gasteiger partial charge is 0.119 e. The van der Waals surface area contributed by atoms with Gasteiger partial charge < -0.3 is 10.4 Å². The summed E-state index contributed by atoms with van der Waals surface area (Å²) in [5, 5.41) is 13.5. The molecule has 2 aliphatic rings. The van der Waals surface area contributed by atoms with Gasteiger partial charge >= 0.3 is 0 Å². The van der Waals surface area contributed by atoms with Crippen LogP contribution in [-0.4, -0.2) is 18.2 Å². The first-order chi connectivity index (χ1) is 7.86. The maximum absolute atomic E-state index is 9.96. The molecule has 0 aromatic heterocycles. The van der Waals surface area contributed by atoms with Gasteiger partial charge in [-0.3, -0.25) is 0 Å². The topological polar surface area (TPSA) is 32.3 Å². The predicted molar refractivity (Wildman–Crippen MR) is 64.5 cm³/mol. The van der Waals surface area contributed by atoms with Crippen LogP contribution in [0.25, 0.3) is 0 Å². The minimum Gasteiger partial charge on any atom is -0.508 e. The fraction of sp³-hybridized carbons (Fsp3) is 0.571. The Morgan fingerprint density at radius 1 is 1.12 bits per heavy atom. The fourth-order valence-electron chi connectivity index (χ4n) is 3.54. The second-order valence-electron chi connectivity index (χ2n) is 5.18. The monoisotopic (exact) mass is 217 g/mol. The number of benzene rings is 1. The van der Waals surface area contributed by atoms with Crippen LogP contribution in [0.3, 0.4) is 0 Å². The molecular formula is C14H19NO. The molecule has 3 rings (SSSR count). The van der Waals surface area contributed by atoms with E-state index in [2.05, 4.69) is 11.4 Å². The van der Waals surface area contributed by atoms with Crippen LogP contribution >= 0.6 is 0 Å². The van der Waals surface area contributed by atoms with E-state index in [0.717, 1.165) is 18.4 Å². The molecule has 2 heteroatoms. The zero-order valence-corrected chi connectivity index (χ0v) is 9.52. The number of hydrogen-bond acceptors (Lipinski definition) is 2. The molecular weight excluding hydrogens is 198 g/mol. The first-order valence-corrected chi connectivity index (χ1v) is 6.35. The molecule has 2 fully saturated rings. The lowest BCUT2D eigenvalue weighted by Crippen LogP contribution is -2.25. The van der Waals surface area contributed by atoms with Crippen molar-refractivity contribution in [3.05, 3.63) is 29.8 Å². The van der Waals surface area contributed by atoms with Crippen molar-refractivity contribution in [2.24, 2.45) is 11.8 Å². The highest BCUT2D eigenvalue weighted by molar-refractivity contribution is 5.36. The quantitative estimate of drug-likeness (QED) is 0.757. The second-order valence-corrected chi connectivity index (χ2v) is 5.18. The summed E-state index contributed by atoms with van der Waals surface area (Å²) in [7, 11) is 0. The molecule has 1 aliphatic carbocycles. The Kier molecular flexibility index (Phi) is 2.60. The van der Waals surface area contributed by atoms with E-state index >= 15 is 0 Å². The lowest BCUT2D eigenvalue weighted by molar-refractivity contribution is 0.254. The Hall–Kier alpha value is -1.02. The van der Waals surface area contributed by atoms with Crippen LogP contribution in [0.15, 0.2) is 24.3 Å². The molecule has 0 bridgehead atoms. The van der Waals surface area contributed by atoms with Crippen molar-refractivity contribution in [1.29, 1.82) is 0 Å². The van der Waals surface area contributed by atoms with Crippen LogP contribution in [0.4, 0.5) is 0 Å². The highest BCUT2D eigenvalue weighted by atomic mass is 16.3. The van der Waals surface area contributed by atoms with Crippen LogP contribution in [-0.2, 0) is 0 Å². The number of phenols is 1. The van der Waals surface area contributed by atoms with Gasteiger partial charge in [-0.15, -0.1) is 0 Å². The number of para-hydroxylation sites is 1. The van der Waals surface area contributed by atoms with Gasteiger partial charge in [0.15, 0.2) is 0 Å². The van der Waals surface area contributed by atoms with Crippen molar-refractivity contribution in [3.8, 4) is 5.75 Å². The third-order valence-electron chi connectivity index (χ3n) is 4.34. The number of fused-ring (bicyclic) bond motifs is 1. The Morgan fingerprint density at radius 3 is 2.88 bits per heavy atom. The SMILES string of the molecule is Oc1ccccc1C1CCCC2CNCC21. The van der Waals surface area contributed by atoms with E-state index in [0.29, 0.717) is 11.7 Å². The second kappa shape index (κ2) is 4.10. The molecule has 3 atom stereocenters. The van der Waals surface area contributed by atoms with E-state index < -0.39 is 0 Å². The Morgan fingerprint density at radius 2 is 2.00 bits per heavy atom.